The Bertz CT molecular complexity index is 712. The maximum absolute atomic E-state index is 11.4. The first kappa shape index (κ1) is 15.5. The second-order valence-corrected chi connectivity index (χ2v) is 8.74. The monoisotopic (exact) mass is 334 g/mol. The number of thioether (sulfide) groups is 1. The van der Waals surface area contributed by atoms with Gasteiger partial charge in [-0.05, 0) is 26.3 Å². The van der Waals surface area contributed by atoms with Crippen LogP contribution in [0.1, 0.15) is 29.7 Å². The molecule has 2 heterocycles. The van der Waals surface area contributed by atoms with Crippen molar-refractivity contribution in [3.63, 3.8) is 0 Å². The van der Waals surface area contributed by atoms with Gasteiger partial charge in [-0.2, -0.15) is 0 Å². The molecule has 116 valence electrons. The summed E-state index contributed by atoms with van der Waals surface area (Å²) in [5, 5.41) is 13.5. The second-order valence-electron chi connectivity index (χ2n) is 5.92. The maximum Gasteiger partial charge on any atom is 0.322 e. The van der Waals surface area contributed by atoms with E-state index >= 15 is 0 Å². The molecule has 1 aliphatic rings. The molecule has 1 fully saturated rings. The summed E-state index contributed by atoms with van der Waals surface area (Å²) < 4.78 is -0.344. The van der Waals surface area contributed by atoms with Crippen molar-refractivity contribution in [3.05, 3.63) is 40.9 Å². The molecular weight excluding hydrogens is 316 g/mol. The van der Waals surface area contributed by atoms with Crippen LogP contribution in [-0.4, -0.2) is 26.8 Å². The van der Waals surface area contributed by atoms with Crippen LogP contribution in [0, 0.1) is 6.92 Å². The van der Waals surface area contributed by atoms with Gasteiger partial charge in [0.1, 0.15) is 11.0 Å². The largest absolute Gasteiger partial charge is 0.480 e. The van der Waals surface area contributed by atoms with Gasteiger partial charge in [-0.1, -0.05) is 24.3 Å². The van der Waals surface area contributed by atoms with Crippen LogP contribution < -0.4 is 5.32 Å². The van der Waals surface area contributed by atoms with Gasteiger partial charge in [0.25, 0.3) is 0 Å². The van der Waals surface area contributed by atoms with Crippen LogP contribution in [-0.2, 0) is 4.79 Å². The van der Waals surface area contributed by atoms with Crippen LogP contribution in [0.3, 0.4) is 0 Å². The smallest absolute Gasteiger partial charge is 0.322 e. The fourth-order valence-corrected chi connectivity index (χ4v) is 5.14. The number of aromatic nitrogens is 1. The fourth-order valence-electron chi connectivity index (χ4n) is 2.61. The minimum Gasteiger partial charge on any atom is -0.480 e. The Hall–Kier alpha value is -1.37. The summed E-state index contributed by atoms with van der Waals surface area (Å²) >= 11 is 3.27. The average Bonchev–Trinajstić information content (AvgIpc) is 3.03. The van der Waals surface area contributed by atoms with E-state index < -0.39 is 12.0 Å². The number of hydrogen-bond acceptors (Lipinski definition) is 5. The molecule has 22 heavy (non-hydrogen) atoms. The number of nitrogens with one attached hydrogen (secondary N) is 1. The molecule has 2 unspecified atom stereocenters. The van der Waals surface area contributed by atoms with Crippen molar-refractivity contribution in [2.75, 3.05) is 0 Å². The number of thiazole rings is 1. The van der Waals surface area contributed by atoms with Gasteiger partial charge >= 0.3 is 5.97 Å². The van der Waals surface area contributed by atoms with Gasteiger partial charge in [0.2, 0.25) is 0 Å². The van der Waals surface area contributed by atoms with E-state index in [0.717, 1.165) is 15.4 Å². The summed E-state index contributed by atoms with van der Waals surface area (Å²) in [6.07, 6.45) is 1.86. The van der Waals surface area contributed by atoms with Crippen molar-refractivity contribution in [3.8, 4) is 10.6 Å². The molecule has 0 bridgehead atoms. The summed E-state index contributed by atoms with van der Waals surface area (Å²) in [5.74, 6) is -0.802. The quantitative estimate of drug-likeness (QED) is 0.896. The highest BCUT2D eigenvalue weighted by molar-refractivity contribution is 8.01. The predicted molar refractivity (Wildman–Crippen MR) is 91.3 cm³/mol. The molecule has 0 aliphatic carbocycles. The molecule has 0 spiro atoms. The Kier molecular flexibility index (Phi) is 4.01. The molecule has 0 radical (unpaired) electrons. The van der Waals surface area contributed by atoms with E-state index in [4.69, 9.17) is 0 Å². The normalized spacial score (nSPS) is 23.6. The van der Waals surface area contributed by atoms with Gasteiger partial charge in [0.15, 0.2) is 0 Å². The molecule has 3 rings (SSSR count). The van der Waals surface area contributed by atoms with Crippen molar-refractivity contribution < 1.29 is 9.90 Å². The first-order chi connectivity index (χ1) is 10.4. The Morgan fingerprint density at radius 3 is 2.73 bits per heavy atom. The van der Waals surface area contributed by atoms with E-state index in [-0.39, 0.29) is 10.1 Å². The molecule has 2 N–H and O–H groups in total. The average molecular weight is 334 g/mol. The summed E-state index contributed by atoms with van der Waals surface area (Å²) in [4.78, 5) is 17.0. The Balaban J connectivity index is 1.87. The summed E-state index contributed by atoms with van der Waals surface area (Å²) in [6.45, 7) is 6.00. The predicted octanol–water partition coefficient (Wildman–Crippen LogP) is 3.69. The van der Waals surface area contributed by atoms with Crippen molar-refractivity contribution >= 4 is 29.1 Å². The number of carboxylic acids is 1. The van der Waals surface area contributed by atoms with E-state index in [2.05, 4.69) is 29.4 Å². The van der Waals surface area contributed by atoms with Gasteiger partial charge < -0.3 is 5.11 Å². The number of hydrogen-bond donors (Lipinski definition) is 2. The first-order valence-corrected chi connectivity index (χ1v) is 8.76. The van der Waals surface area contributed by atoms with Gasteiger partial charge in [-0.15, -0.1) is 23.1 Å². The molecule has 6 heteroatoms. The molecule has 1 aromatic heterocycles. The minimum absolute atomic E-state index is 0.0219. The lowest BCUT2D eigenvalue weighted by Gasteiger charge is -2.20. The first-order valence-electron chi connectivity index (χ1n) is 7.07. The number of rotatable bonds is 3. The lowest BCUT2D eigenvalue weighted by atomic mass is 10.0. The van der Waals surface area contributed by atoms with E-state index in [0.29, 0.717) is 0 Å². The van der Waals surface area contributed by atoms with Crippen LogP contribution >= 0.6 is 23.1 Å². The van der Waals surface area contributed by atoms with Crippen molar-refractivity contribution in [1.29, 1.82) is 0 Å². The van der Waals surface area contributed by atoms with Crippen molar-refractivity contribution in [2.24, 2.45) is 0 Å². The summed E-state index contributed by atoms with van der Waals surface area (Å²) in [6, 6.07) is 7.61. The molecule has 0 saturated carbocycles. The van der Waals surface area contributed by atoms with Crippen LogP contribution in [0.25, 0.3) is 10.6 Å². The third kappa shape index (κ3) is 2.78. The number of aryl methyl sites for hydroxylation is 1. The van der Waals surface area contributed by atoms with Crippen molar-refractivity contribution in [2.45, 2.75) is 36.9 Å². The van der Waals surface area contributed by atoms with E-state index in [1.165, 1.54) is 5.56 Å². The Labute approximate surface area is 138 Å². The second kappa shape index (κ2) is 5.68. The standard InChI is InChI=1S/C16H18N2O2S2/c1-9-6-4-5-7-10(9)13-17-8-11(21-13)14-18-12(15(19)20)16(2,3)22-14/h4-8,12,14,18H,1-3H3,(H,19,20). The molecule has 0 amide bonds. The van der Waals surface area contributed by atoms with E-state index in [9.17, 15) is 9.90 Å². The highest BCUT2D eigenvalue weighted by Gasteiger charge is 2.46. The number of benzene rings is 1. The molecule has 2 aromatic rings. The summed E-state index contributed by atoms with van der Waals surface area (Å²) in [5.41, 5.74) is 2.33. The van der Waals surface area contributed by atoms with E-state index in [1.807, 2.05) is 32.2 Å². The number of nitrogens with zero attached hydrogens (tertiary/aromatic N) is 1. The molecule has 2 atom stereocenters. The fraction of sp³-hybridized carbons (Fsp3) is 0.375. The Morgan fingerprint density at radius 1 is 1.36 bits per heavy atom. The topological polar surface area (TPSA) is 62.2 Å². The molecule has 1 saturated heterocycles. The zero-order chi connectivity index (χ0) is 15.9. The third-order valence-electron chi connectivity index (χ3n) is 3.84. The number of carboxylic acid groups (broad SMARTS) is 1. The minimum atomic E-state index is -0.802. The molecular formula is C16H18N2O2S2. The zero-order valence-corrected chi connectivity index (χ0v) is 14.3. The molecule has 1 aromatic carbocycles. The number of carbonyl (C=O) groups is 1. The zero-order valence-electron chi connectivity index (χ0n) is 12.7. The maximum atomic E-state index is 11.4. The summed E-state index contributed by atoms with van der Waals surface area (Å²) in [7, 11) is 0. The van der Waals surface area contributed by atoms with Gasteiger partial charge in [-0.25, -0.2) is 4.98 Å². The highest BCUT2D eigenvalue weighted by Crippen LogP contribution is 2.47. The van der Waals surface area contributed by atoms with Gasteiger partial charge in [0, 0.05) is 16.5 Å². The lowest BCUT2D eigenvalue weighted by molar-refractivity contribution is -0.139. The SMILES string of the molecule is Cc1ccccc1-c1ncc(C2NC(C(=O)O)C(C)(C)S2)s1. The third-order valence-corrected chi connectivity index (χ3v) is 6.55. The van der Waals surface area contributed by atoms with E-state index in [1.54, 1.807) is 23.1 Å². The molecule has 4 nitrogen and oxygen atoms in total. The van der Waals surface area contributed by atoms with Crippen LogP contribution in [0.2, 0.25) is 0 Å². The van der Waals surface area contributed by atoms with Crippen molar-refractivity contribution in [1.82, 2.24) is 10.3 Å². The van der Waals surface area contributed by atoms with Crippen LogP contribution in [0.15, 0.2) is 30.5 Å². The molecule has 1 aliphatic heterocycles. The highest BCUT2D eigenvalue weighted by atomic mass is 32.2. The van der Waals surface area contributed by atoms with Gasteiger partial charge in [-0.3, -0.25) is 10.1 Å². The van der Waals surface area contributed by atoms with Gasteiger partial charge in [0.05, 0.1) is 10.3 Å². The van der Waals surface area contributed by atoms with Crippen LogP contribution in [0.5, 0.6) is 0 Å². The lowest BCUT2D eigenvalue weighted by Crippen LogP contribution is -2.43. The Morgan fingerprint density at radius 2 is 2.09 bits per heavy atom. The number of aliphatic carboxylic acids is 1. The van der Waals surface area contributed by atoms with Crippen LogP contribution in [0.4, 0.5) is 0 Å².